The molecule has 0 heterocycles. The molecule has 0 radical (unpaired) electrons. The lowest BCUT2D eigenvalue weighted by molar-refractivity contribution is -0.129. The Kier molecular flexibility index (Phi) is 7.78. The van der Waals surface area contributed by atoms with Crippen LogP contribution in [0.25, 0.3) is 0 Å². The van der Waals surface area contributed by atoms with Gasteiger partial charge in [-0.05, 0) is 31.1 Å². The number of nitriles is 1. The van der Waals surface area contributed by atoms with Gasteiger partial charge in [0.25, 0.3) is 0 Å². The maximum absolute atomic E-state index is 12.4. The van der Waals surface area contributed by atoms with E-state index in [0.29, 0.717) is 12.8 Å². The molecule has 0 aromatic rings. The summed E-state index contributed by atoms with van der Waals surface area (Å²) in [6.45, 7) is 7.14. The molecule has 0 aromatic carbocycles. The zero-order valence-corrected chi connectivity index (χ0v) is 14.1. The summed E-state index contributed by atoms with van der Waals surface area (Å²) in [7, 11) is 0. The predicted octanol–water partition coefficient (Wildman–Crippen LogP) is 4.43. The second kappa shape index (κ2) is 9.07. The van der Waals surface area contributed by atoms with Crippen molar-refractivity contribution < 1.29 is 4.79 Å². The predicted molar refractivity (Wildman–Crippen MR) is 86.6 cm³/mol. The molecular weight excluding hydrogens is 260 g/mol. The highest BCUT2D eigenvalue weighted by Crippen LogP contribution is 2.31. The molecule has 0 aromatic heterocycles. The van der Waals surface area contributed by atoms with Crippen LogP contribution in [0.4, 0.5) is 0 Å². The number of hydrogen-bond donors (Lipinski definition) is 1. The molecular formula is C18H32N2O. The van der Waals surface area contributed by atoms with E-state index in [1.54, 1.807) is 0 Å². The molecule has 1 fully saturated rings. The molecule has 1 aliphatic carbocycles. The van der Waals surface area contributed by atoms with Crippen LogP contribution in [0.15, 0.2) is 0 Å². The monoisotopic (exact) mass is 292 g/mol. The average Bonchev–Trinajstić information content (AvgIpc) is 2.48. The van der Waals surface area contributed by atoms with Gasteiger partial charge in [0.1, 0.15) is 5.41 Å². The average molecular weight is 292 g/mol. The number of hydrogen-bond acceptors (Lipinski definition) is 2. The minimum absolute atomic E-state index is 0.0436. The van der Waals surface area contributed by atoms with Gasteiger partial charge in [0.2, 0.25) is 5.91 Å². The number of amides is 1. The maximum atomic E-state index is 12.4. The summed E-state index contributed by atoms with van der Waals surface area (Å²) in [5.74, 6) is 1.59. The highest BCUT2D eigenvalue weighted by Gasteiger charge is 2.36. The van der Waals surface area contributed by atoms with Crippen molar-refractivity contribution in [1.82, 2.24) is 5.32 Å². The van der Waals surface area contributed by atoms with Gasteiger partial charge in [0.05, 0.1) is 6.07 Å². The molecule has 1 amide bonds. The van der Waals surface area contributed by atoms with Gasteiger partial charge in [-0.3, -0.25) is 4.79 Å². The van der Waals surface area contributed by atoms with Gasteiger partial charge in [-0.2, -0.15) is 5.26 Å². The minimum atomic E-state index is -0.801. The van der Waals surface area contributed by atoms with Crippen LogP contribution >= 0.6 is 0 Å². The maximum Gasteiger partial charge on any atom is 0.240 e. The molecule has 21 heavy (non-hydrogen) atoms. The van der Waals surface area contributed by atoms with Gasteiger partial charge in [-0.15, -0.1) is 0 Å². The second-order valence-electron chi connectivity index (χ2n) is 6.86. The molecule has 0 aliphatic heterocycles. The van der Waals surface area contributed by atoms with E-state index in [4.69, 9.17) is 0 Å². The molecule has 1 aliphatic rings. The highest BCUT2D eigenvalue weighted by atomic mass is 16.2. The Labute approximate surface area is 130 Å². The fraction of sp³-hybridized carbons (Fsp3) is 0.889. The minimum Gasteiger partial charge on any atom is -0.355 e. The summed E-state index contributed by atoms with van der Waals surface area (Å²) < 4.78 is 0. The molecule has 1 rings (SSSR count). The zero-order valence-electron chi connectivity index (χ0n) is 14.1. The first-order chi connectivity index (χ1) is 10.1. The summed E-state index contributed by atoms with van der Waals surface area (Å²) in [6, 6.07) is 2.30. The van der Waals surface area contributed by atoms with Crippen LogP contribution in [-0.4, -0.2) is 12.5 Å². The van der Waals surface area contributed by atoms with E-state index >= 15 is 0 Å². The molecule has 0 atom stereocenters. The van der Waals surface area contributed by atoms with Crippen molar-refractivity contribution in [3.8, 4) is 6.07 Å². The van der Waals surface area contributed by atoms with Crippen LogP contribution in [0.3, 0.4) is 0 Å². The first-order valence-corrected chi connectivity index (χ1v) is 8.77. The van der Waals surface area contributed by atoms with Crippen molar-refractivity contribution in [1.29, 1.82) is 5.26 Å². The molecule has 0 bridgehead atoms. The van der Waals surface area contributed by atoms with Crippen LogP contribution in [0.5, 0.6) is 0 Å². The van der Waals surface area contributed by atoms with Gasteiger partial charge < -0.3 is 5.32 Å². The SMILES string of the molecule is CCCC(C#N)(CCC)C(=O)NCCC1CCC(C)CC1. The summed E-state index contributed by atoms with van der Waals surface area (Å²) in [6.07, 6.45) is 9.41. The summed E-state index contributed by atoms with van der Waals surface area (Å²) in [5.41, 5.74) is -0.801. The number of rotatable bonds is 8. The van der Waals surface area contributed by atoms with Crippen LogP contribution in [0.1, 0.15) is 78.6 Å². The Bertz CT molecular complexity index is 345. The van der Waals surface area contributed by atoms with Crippen molar-refractivity contribution in [2.24, 2.45) is 17.3 Å². The first kappa shape index (κ1) is 18.0. The first-order valence-electron chi connectivity index (χ1n) is 8.77. The Morgan fingerprint density at radius 3 is 2.24 bits per heavy atom. The van der Waals surface area contributed by atoms with Crippen LogP contribution in [0, 0.1) is 28.6 Å². The number of nitrogens with zero attached hydrogens (tertiary/aromatic N) is 1. The Morgan fingerprint density at radius 2 is 1.76 bits per heavy atom. The lowest BCUT2D eigenvalue weighted by atomic mass is 9.79. The molecule has 1 N–H and O–H groups in total. The quantitative estimate of drug-likeness (QED) is 0.719. The smallest absolute Gasteiger partial charge is 0.240 e. The third-order valence-electron chi connectivity index (χ3n) is 4.98. The zero-order chi connectivity index (χ0) is 15.7. The molecule has 120 valence electrons. The van der Waals surface area contributed by atoms with Gasteiger partial charge in [-0.25, -0.2) is 0 Å². The Balaban J connectivity index is 2.41. The van der Waals surface area contributed by atoms with Crippen molar-refractivity contribution in [3.63, 3.8) is 0 Å². The lowest BCUT2D eigenvalue weighted by Gasteiger charge is -2.28. The molecule has 0 unspecified atom stereocenters. The van der Waals surface area contributed by atoms with Crippen molar-refractivity contribution in [3.05, 3.63) is 0 Å². The number of carbonyl (C=O) groups is 1. The van der Waals surface area contributed by atoms with Crippen molar-refractivity contribution in [2.75, 3.05) is 6.54 Å². The Morgan fingerprint density at radius 1 is 1.19 bits per heavy atom. The van der Waals surface area contributed by atoms with Crippen LogP contribution in [-0.2, 0) is 4.79 Å². The topological polar surface area (TPSA) is 52.9 Å². The van der Waals surface area contributed by atoms with Gasteiger partial charge in [0.15, 0.2) is 0 Å². The molecule has 0 saturated heterocycles. The molecule has 3 nitrogen and oxygen atoms in total. The number of carbonyl (C=O) groups excluding carboxylic acids is 1. The van der Waals surface area contributed by atoms with Crippen molar-refractivity contribution in [2.45, 2.75) is 78.6 Å². The third-order valence-corrected chi connectivity index (χ3v) is 4.98. The third kappa shape index (κ3) is 5.34. The fourth-order valence-electron chi connectivity index (χ4n) is 3.55. The fourth-order valence-corrected chi connectivity index (χ4v) is 3.55. The van der Waals surface area contributed by atoms with E-state index in [1.165, 1.54) is 25.7 Å². The van der Waals surface area contributed by atoms with E-state index in [0.717, 1.165) is 37.6 Å². The number of nitrogens with one attached hydrogen (secondary N) is 1. The van der Waals surface area contributed by atoms with Gasteiger partial charge in [0, 0.05) is 6.54 Å². The summed E-state index contributed by atoms with van der Waals surface area (Å²) in [4.78, 5) is 12.4. The summed E-state index contributed by atoms with van der Waals surface area (Å²) >= 11 is 0. The van der Waals surface area contributed by atoms with Gasteiger partial charge >= 0.3 is 0 Å². The molecule has 1 saturated carbocycles. The van der Waals surface area contributed by atoms with E-state index < -0.39 is 5.41 Å². The van der Waals surface area contributed by atoms with Gasteiger partial charge in [-0.1, -0.05) is 59.3 Å². The summed E-state index contributed by atoms with van der Waals surface area (Å²) in [5, 5.41) is 12.5. The van der Waals surface area contributed by atoms with Crippen LogP contribution in [0.2, 0.25) is 0 Å². The van der Waals surface area contributed by atoms with E-state index in [1.807, 2.05) is 13.8 Å². The van der Waals surface area contributed by atoms with Crippen LogP contribution < -0.4 is 5.32 Å². The highest BCUT2D eigenvalue weighted by molar-refractivity contribution is 5.85. The standard InChI is InChI=1S/C18H32N2O/c1-4-11-18(14-19,12-5-2)17(21)20-13-10-16-8-6-15(3)7-9-16/h15-16H,4-13H2,1-3H3,(H,20,21). The molecule has 3 heteroatoms. The van der Waals surface area contributed by atoms with E-state index in [9.17, 15) is 10.1 Å². The Hall–Kier alpha value is -1.04. The van der Waals surface area contributed by atoms with E-state index in [-0.39, 0.29) is 5.91 Å². The molecule has 0 spiro atoms. The second-order valence-corrected chi connectivity index (χ2v) is 6.86. The normalized spacial score (nSPS) is 22.6. The van der Waals surface area contributed by atoms with Crippen molar-refractivity contribution >= 4 is 5.91 Å². The largest absolute Gasteiger partial charge is 0.355 e. The lowest BCUT2D eigenvalue weighted by Crippen LogP contribution is -2.41. The van der Waals surface area contributed by atoms with E-state index in [2.05, 4.69) is 18.3 Å².